The van der Waals surface area contributed by atoms with Crippen molar-refractivity contribution in [3.8, 4) is 11.5 Å². The first-order valence-electron chi connectivity index (χ1n) is 6.45. The number of hydrogen-bond acceptors (Lipinski definition) is 5. The smallest absolute Gasteiger partial charge is 0.269 e. The van der Waals surface area contributed by atoms with E-state index in [1.807, 2.05) is 0 Å². The number of nitro groups is 1. The zero-order chi connectivity index (χ0) is 15.5. The van der Waals surface area contributed by atoms with Crippen LogP contribution >= 0.6 is 0 Å². The molecule has 0 aliphatic carbocycles. The van der Waals surface area contributed by atoms with E-state index in [1.54, 1.807) is 42.6 Å². The van der Waals surface area contributed by atoms with E-state index in [0.717, 1.165) is 0 Å². The molecule has 0 saturated heterocycles. The van der Waals surface area contributed by atoms with E-state index in [4.69, 9.17) is 0 Å². The molecule has 8 heteroatoms. The monoisotopic (exact) mass is 297 g/mol. The second-order valence-electron chi connectivity index (χ2n) is 4.54. The van der Waals surface area contributed by atoms with Crippen LogP contribution in [0.2, 0.25) is 0 Å². The van der Waals surface area contributed by atoms with Gasteiger partial charge in [0.05, 0.1) is 11.5 Å². The molecule has 22 heavy (non-hydrogen) atoms. The van der Waals surface area contributed by atoms with Gasteiger partial charge in [0.1, 0.15) is 5.69 Å². The Bertz CT molecular complexity index is 869. The van der Waals surface area contributed by atoms with Crippen LogP contribution in [-0.2, 0) is 6.54 Å². The number of nitrogens with one attached hydrogen (secondary N) is 1. The summed E-state index contributed by atoms with van der Waals surface area (Å²) >= 11 is 0. The van der Waals surface area contributed by atoms with E-state index in [1.165, 1.54) is 10.6 Å². The number of aromatic nitrogens is 4. The lowest BCUT2D eigenvalue weighted by Gasteiger charge is -2.06. The number of nitro benzene ring substituents is 1. The maximum absolute atomic E-state index is 11.9. The van der Waals surface area contributed by atoms with Crippen molar-refractivity contribution in [3.63, 3.8) is 0 Å². The first kappa shape index (κ1) is 13.7. The number of para-hydroxylation sites is 1. The highest BCUT2D eigenvalue weighted by molar-refractivity contribution is 5.49. The van der Waals surface area contributed by atoms with Crippen molar-refractivity contribution in [3.05, 3.63) is 74.8 Å². The number of nitrogens with zero attached hydrogens (tertiary/aromatic N) is 4. The van der Waals surface area contributed by atoms with E-state index in [2.05, 4.69) is 15.2 Å². The normalized spacial score (nSPS) is 10.5. The van der Waals surface area contributed by atoms with Crippen LogP contribution in [0.15, 0.2) is 53.5 Å². The Balaban J connectivity index is 2.06. The van der Waals surface area contributed by atoms with Gasteiger partial charge in [0, 0.05) is 17.8 Å². The molecular formula is C14H11N5O3. The molecular weight excluding hydrogens is 286 g/mol. The zero-order valence-corrected chi connectivity index (χ0v) is 11.3. The molecule has 110 valence electrons. The van der Waals surface area contributed by atoms with Crippen LogP contribution in [0.25, 0.3) is 11.5 Å². The Hall–Kier alpha value is -3.29. The topological polar surface area (TPSA) is 107 Å². The van der Waals surface area contributed by atoms with Crippen molar-refractivity contribution in [1.29, 1.82) is 0 Å². The molecule has 0 amide bonds. The van der Waals surface area contributed by atoms with Crippen LogP contribution in [0.1, 0.15) is 5.56 Å². The Morgan fingerprint density at radius 1 is 1.18 bits per heavy atom. The summed E-state index contributed by atoms with van der Waals surface area (Å²) < 4.78 is 1.32. The minimum absolute atomic E-state index is 0.0393. The quantitative estimate of drug-likeness (QED) is 0.581. The molecule has 1 aromatic carbocycles. The summed E-state index contributed by atoms with van der Waals surface area (Å²) in [6.45, 7) is 0.0401. The third-order valence-electron chi connectivity index (χ3n) is 3.17. The van der Waals surface area contributed by atoms with Crippen molar-refractivity contribution < 1.29 is 4.92 Å². The number of H-pyrrole nitrogens is 1. The van der Waals surface area contributed by atoms with Gasteiger partial charge in [0.25, 0.3) is 5.69 Å². The SMILES string of the molecule is O=c1[nH]nc(-c2ccccn2)n1Cc1ccccc1[N+](=O)[O-]. The van der Waals surface area contributed by atoms with Gasteiger partial charge in [-0.15, -0.1) is 0 Å². The fourth-order valence-corrected chi connectivity index (χ4v) is 2.15. The Labute approximate surface area is 124 Å². The molecule has 0 fully saturated rings. The van der Waals surface area contributed by atoms with E-state index in [-0.39, 0.29) is 12.2 Å². The van der Waals surface area contributed by atoms with Gasteiger partial charge in [0.2, 0.25) is 0 Å². The molecule has 2 aromatic heterocycles. The fourth-order valence-electron chi connectivity index (χ4n) is 2.15. The van der Waals surface area contributed by atoms with E-state index >= 15 is 0 Å². The van der Waals surface area contributed by atoms with E-state index in [9.17, 15) is 14.9 Å². The molecule has 0 unspecified atom stereocenters. The number of pyridine rings is 1. The Kier molecular flexibility index (Phi) is 3.48. The second kappa shape index (κ2) is 5.60. The number of benzene rings is 1. The third-order valence-corrected chi connectivity index (χ3v) is 3.17. The first-order valence-corrected chi connectivity index (χ1v) is 6.45. The van der Waals surface area contributed by atoms with Crippen LogP contribution < -0.4 is 5.69 Å². The molecule has 1 N–H and O–H groups in total. The summed E-state index contributed by atoms with van der Waals surface area (Å²) in [6, 6.07) is 11.5. The third kappa shape index (κ3) is 2.49. The van der Waals surface area contributed by atoms with Crippen LogP contribution in [0.4, 0.5) is 5.69 Å². The van der Waals surface area contributed by atoms with Gasteiger partial charge in [0.15, 0.2) is 5.82 Å². The highest BCUT2D eigenvalue weighted by Crippen LogP contribution is 2.20. The molecule has 0 saturated carbocycles. The Morgan fingerprint density at radius 3 is 2.68 bits per heavy atom. The number of hydrogen-bond donors (Lipinski definition) is 1. The molecule has 0 atom stereocenters. The molecule has 0 aliphatic rings. The van der Waals surface area contributed by atoms with Crippen LogP contribution in [0.5, 0.6) is 0 Å². The highest BCUT2D eigenvalue weighted by atomic mass is 16.6. The molecule has 0 bridgehead atoms. The zero-order valence-electron chi connectivity index (χ0n) is 11.3. The van der Waals surface area contributed by atoms with Gasteiger partial charge in [-0.1, -0.05) is 24.3 Å². The predicted molar refractivity (Wildman–Crippen MR) is 78.3 cm³/mol. The summed E-state index contributed by atoms with van der Waals surface area (Å²) in [5, 5.41) is 17.4. The summed E-state index contributed by atoms with van der Waals surface area (Å²) in [6.07, 6.45) is 1.59. The lowest BCUT2D eigenvalue weighted by molar-refractivity contribution is -0.385. The van der Waals surface area contributed by atoms with Crippen molar-refractivity contribution in [1.82, 2.24) is 19.7 Å². The largest absolute Gasteiger partial charge is 0.343 e. The highest BCUT2D eigenvalue weighted by Gasteiger charge is 2.17. The second-order valence-corrected chi connectivity index (χ2v) is 4.54. The molecule has 3 aromatic rings. The molecule has 8 nitrogen and oxygen atoms in total. The molecule has 3 rings (SSSR count). The van der Waals surface area contributed by atoms with Crippen LogP contribution in [-0.4, -0.2) is 24.7 Å². The fraction of sp³-hybridized carbons (Fsp3) is 0.0714. The average molecular weight is 297 g/mol. The summed E-state index contributed by atoms with van der Waals surface area (Å²) in [4.78, 5) is 26.7. The summed E-state index contributed by atoms with van der Waals surface area (Å²) in [7, 11) is 0. The van der Waals surface area contributed by atoms with E-state index < -0.39 is 10.6 Å². The molecule has 0 aliphatic heterocycles. The lowest BCUT2D eigenvalue weighted by Crippen LogP contribution is -2.19. The van der Waals surface area contributed by atoms with Gasteiger partial charge >= 0.3 is 5.69 Å². The van der Waals surface area contributed by atoms with Gasteiger partial charge in [-0.25, -0.2) is 9.89 Å². The number of rotatable bonds is 4. The van der Waals surface area contributed by atoms with Crippen molar-refractivity contribution in [2.75, 3.05) is 0 Å². The van der Waals surface area contributed by atoms with Gasteiger partial charge in [-0.05, 0) is 12.1 Å². The molecule has 2 heterocycles. The predicted octanol–water partition coefficient (Wildman–Crippen LogP) is 1.59. The molecule has 0 spiro atoms. The summed E-state index contributed by atoms with van der Waals surface area (Å²) in [5.74, 6) is 0.337. The van der Waals surface area contributed by atoms with Crippen molar-refractivity contribution >= 4 is 5.69 Å². The van der Waals surface area contributed by atoms with Crippen LogP contribution in [0.3, 0.4) is 0 Å². The maximum atomic E-state index is 11.9. The maximum Gasteiger partial charge on any atom is 0.343 e. The minimum atomic E-state index is -0.471. The Morgan fingerprint density at radius 2 is 1.95 bits per heavy atom. The minimum Gasteiger partial charge on any atom is -0.269 e. The van der Waals surface area contributed by atoms with Crippen molar-refractivity contribution in [2.24, 2.45) is 0 Å². The van der Waals surface area contributed by atoms with E-state index in [0.29, 0.717) is 17.1 Å². The van der Waals surface area contributed by atoms with Gasteiger partial charge in [-0.3, -0.25) is 19.7 Å². The average Bonchev–Trinajstić information content (AvgIpc) is 2.90. The number of aromatic amines is 1. The standard InChI is InChI=1S/C14H11N5O3/c20-14-17-16-13(11-6-3-4-8-15-11)18(14)9-10-5-1-2-7-12(10)19(21)22/h1-8H,9H2,(H,17,20). The van der Waals surface area contributed by atoms with Gasteiger partial charge in [-0.2, -0.15) is 5.10 Å². The lowest BCUT2D eigenvalue weighted by atomic mass is 10.2. The first-order chi connectivity index (χ1) is 10.7. The van der Waals surface area contributed by atoms with Crippen LogP contribution in [0, 0.1) is 10.1 Å². The summed E-state index contributed by atoms with van der Waals surface area (Å²) in [5.41, 5.74) is 0.453. The van der Waals surface area contributed by atoms with Gasteiger partial charge < -0.3 is 0 Å². The van der Waals surface area contributed by atoms with Crippen molar-refractivity contribution in [2.45, 2.75) is 6.54 Å². The molecule has 0 radical (unpaired) electrons.